The smallest absolute Gasteiger partial charge is 0.156 e. The van der Waals surface area contributed by atoms with Crippen molar-refractivity contribution < 1.29 is 9.90 Å². The average molecular weight is 208 g/mol. The Morgan fingerprint density at radius 2 is 2.20 bits per heavy atom. The second-order valence-corrected chi connectivity index (χ2v) is 5.06. The van der Waals surface area contributed by atoms with Gasteiger partial charge >= 0.3 is 0 Å². The first-order valence-corrected chi connectivity index (χ1v) is 5.43. The van der Waals surface area contributed by atoms with Crippen LogP contribution >= 0.6 is 0 Å². The largest absolute Gasteiger partial charge is 0.393 e. The van der Waals surface area contributed by atoms with Crippen LogP contribution in [0.2, 0.25) is 0 Å². The molecule has 0 radical (unpaired) electrons. The fraction of sp³-hybridized carbons (Fsp3) is 0.615. The number of aliphatic hydroxyl groups excluding tert-OH is 1. The minimum atomic E-state index is -0.321. The average Bonchev–Trinajstić information content (AvgIpc) is 1.98. The Balaban J connectivity index is 2.98. The van der Waals surface area contributed by atoms with E-state index in [4.69, 9.17) is 0 Å². The normalized spacial score (nSPS) is 25.3. The lowest BCUT2D eigenvalue weighted by atomic mass is 9.72. The highest BCUT2D eigenvalue weighted by molar-refractivity contribution is 5.93. The van der Waals surface area contributed by atoms with E-state index >= 15 is 0 Å². The van der Waals surface area contributed by atoms with Gasteiger partial charge in [0.15, 0.2) is 5.78 Å². The molecule has 0 aromatic heterocycles. The van der Waals surface area contributed by atoms with E-state index < -0.39 is 0 Å². The maximum absolute atomic E-state index is 11.4. The van der Waals surface area contributed by atoms with Crippen LogP contribution < -0.4 is 0 Å². The minimum absolute atomic E-state index is 0.0925. The monoisotopic (exact) mass is 208 g/mol. The van der Waals surface area contributed by atoms with Crippen molar-refractivity contribution in [3.8, 4) is 0 Å². The van der Waals surface area contributed by atoms with E-state index in [1.165, 1.54) is 5.57 Å². The van der Waals surface area contributed by atoms with Crippen molar-refractivity contribution in [2.75, 3.05) is 0 Å². The molecule has 84 valence electrons. The third-order valence-corrected chi connectivity index (χ3v) is 2.81. The van der Waals surface area contributed by atoms with Crippen molar-refractivity contribution in [2.24, 2.45) is 5.41 Å². The second-order valence-electron chi connectivity index (χ2n) is 5.06. The minimum Gasteiger partial charge on any atom is -0.393 e. The molecule has 1 N–H and O–H groups in total. The first-order valence-electron chi connectivity index (χ1n) is 5.43. The summed E-state index contributed by atoms with van der Waals surface area (Å²) >= 11 is 0. The van der Waals surface area contributed by atoms with Crippen LogP contribution in [0.25, 0.3) is 0 Å². The maximum atomic E-state index is 11.4. The summed E-state index contributed by atoms with van der Waals surface area (Å²) in [6, 6.07) is 0. The molecule has 0 saturated heterocycles. The molecule has 0 aromatic carbocycles. The van der Waals surface area contributed by atoms with E-state index in [1.807, 2.05) is 6.92 Å². The number of carbonyl (C=O) groups excluding carboxylic acids is 1. The first-order chi connectivity index (χ1) is 6.83. The Morgan fingerprint density at radius 1 is 1.60 bits per heavy atom. The van der Waals surface area contributed by atoms with Gasteiger partial charge in [-0.05, 0) is 42.9 Å². The summed E-state index contributed by atoms with van der Waals surface area (Å²) in [5.41, 5.74) is 2.14. The lowest BCUT2D eigenvalue weighted by molar-refractivity contribution is -0.116. The van der Waals surface area contributed by atoms with Gasteiger partial charge in [0.05, 0.1) is 6.10 Å². The van der Waals surface area contributed by atoms with Gasteiger partial charge in [0.1, 0.15) is 0 Å². The number of carbonyl (C=O) groups is 1. The fourth-order valence-electron chi connectivity index (χ4n) is 2.16. The van der Waals surface area contributed by atoms with Crippen LogP contribution in [0.3, 0.4) is 0 Å². The van der Waals surface area contributed by atoms with Crippen molar-refractivity contribution in [2.45, 2.75) is 46.6 Å². The molecular weight excluding hydrogens is 188 g/mol. The molecular formula is C13H20O2. The highest BCUT2D eigenvalue weighted by Gasteiger charge is 2.30. The molecule has 0 aromatic rings. The van der Waals surface area contributed by atoms with Gasteiger partial charge in [-0.3, -0.25) is 4.79 Å². The molecule has 1 aliphatic rings. The van der Waals surface area contributed by atoms with Crippen LogP contribution in [-0.4, -0.2) is 17.0 Å². The van der Waals surface area contributed by atoms with Crippen LogP contribution in [0.4, 0.5) is 0 Å². The molecule has 2 heteroatoms. The number of rotatable bonds is 2. The van der Waals surface area contributed by atoms with Crippen molar-refractivity contribution >= 4 is 5.78 Å². The van der Waals surface area contributed by atoms with Crippen molar-refractivity contribution in [3.63, 3.8) is 0 Å². The van der Waals surface area contributed by atoms with Crippen LogP contribution in [0.1, 0.15) is 40.5 Å². The van der Waals surface area contributed by atoms with Crippen LogP contribution in [0.15, 0.2) is 23.3 Å². The number of aliphatic hydroxyl groups is 1. The van der Waals surface area contributed by atoms with Gasteiger partial charge in [0.25, 0.3) is 0 Å². The lowest BCUT2D eigenvalue weighted by Gasteiger charge is -2.31. The highest BCUT2D eigenvalue weighted by Crippen LogP contribution is 2.39. The summed E-state index contributed by atoms with van der Waals surface area (Å²) in [6.07, 6.45) is 4.66. The third kappa shape index (κ3) is 3.03. The molecule has 0 saturated carbocycles. The highest BCUT2D eigenvalue weighted by atomic mass is 16.3. The summed E-state index contributed by atoms with van der Waals surface area (Å²) in [5, 5.41) is 9.26. The van der Waals surface area contributed by atoms with E-state index in [1.54, 1.807) is 13.0 Å². The van der Waals surface area contributed by atoms with Gasteiger partial charge in [0, 0.05) is 6.42 Å². The SMILES string of the molecule is CC1=CC(=O)CC(C)(C)/C1=C/C[C@H](C)O. The number of ketones is 1. The van der Waals surface area contributed by atoms with E-state index in [0.29, 0.717) is 12.8 Å². The molecule has 0 amide bonds. The zero-order chi connectivity index (χ0) is 11.6. The Kier molecular flexibility index (Phi) is 3.50. The number of hydrogen-bond donors (Lipinski definition) is 1. The summed E-state index contributed by atoms with van der Waals surface area (Å²) in [6.45, 7) is 7.90. The standard InChI is InChI=1S/C13H20O2/c1-9-7-11(15)8-13(3,4)12(9)6-5-10(2)14/h6-7,10,14H,5,8H2,1-4H3/b12-6+/t10-/m0/s1. The molecule has 0 fully saturated rings. The first kappa shape index (κ1) is 12.2. The van der Waals surface area contributed by atoms with Crippen LogP contribution in [0.5, 0.6) is 0 Å². The Labute approximate surface area is 91.7 Å². The molecule has 1 aliphatic carbocycles. The van der Waals surface area contributed by atoms with Gasteiger partial charge in [-0.2, -0.15) is 0 Å². The maximum Gasteiger partial charge on any atom is 0.156 e. The Hall–Kier alpha value is -0.890. The molecule has 2 nitrogen and oxygen atoms in total. The lowest BCUT2D eigenvalue weighted by Crippen LogP contribution is -2.24. The van der Waals surface area contributed by atoms with Gasteiger partial charge in [-0.1, -0.05) is 19.9 Å². The van der Waals surface area contributed by atoms with E-state index in [9.17, 15) is 9.90 Å². The number of allylic oxidation sites excluding steroid dienone is 3. The molecule has 0 heterocycles. The fourth-order valence-corrected chi connectivity index (χ4v) is 2.16. The van der Waals surface area contributed by atoms with Gasteiger partial charge in [-0.15, -0.1) is 0 Å². The molecule has 15 heavy (non-hydrogen) atoms. The predicted octanol–water partition coefficient (Wildman–Crippen LogP) is 2.63. The van der Waals surface area contributed by atoms with Gasteiger partial charge in [0.2, 0.25) is 0 Å². The van der Waals surface area contributed by atoms with Crippen molar-refractivity contribution in [1.29, 1.82) is 0 Å². The van der Waals surface area contributed by atoms with Gasteiger partial charge in [-0.25, -0.2) is 0 Å². The van der Waals surface area contributed by atoms with Crippen LogP contribution in [-0.2, 0) is 4.79 Å². The Morgan fingerprint density at radius 3 is 2.67 bits per heavy atom. The molecule has 0 bridgehead atoms. The zero-order valence-electron chi connectivity index (χ0n) is 10.0. The van der Waals surface area contributed by atoms with E-state index in [-0.39, 0.29) is 17.3 Å². The summed E-state index contributed by atoms with van der Waals surface area (Å²) < 4.78 is 0. The van der Waals surface area contributed by atoms with E-state index in [0.717, 1.165) is 5.57 Å². The summed E-state index contributed by atoms with van der Waals surface area (Å²) in [5.74, 6) is 0.201. The number of hydrogen-bond acceptors (Lipinski definition) is 2. The third-order valence-electron chi connectivity index (χ3n) is 2.81. The van der Waals surface area contributed by atoms with E-state index in [2.05, 4.69) is 19.9 Å². The van der Waals surface area contributed by atoms with Crippen LogP contribution in [0, 0.1) is 5.41 Å². The van der Waals surface area contributed by atoms with Crippen molar-refractivity contribution in [1.82, 2.24) is 0 Å². The van der Waals surface area contributed by atoms with Crippen molar-refractivity contribution in [3.05, 3.63) is 23.3 Å². The molecule has 1 rings (SSSR count). The molecule has 0 aliphatic heterocycles. The topological polar surface area (TPSA) is 37.3 Å². The Bertz CT molecular complexity index is 319. The predicted molar refractivity (Wildman–Crippen MR) is 61.5 cm³/mol. The molecule has 0 spiro atoms. The summed E-state index contributed by atoms with van der Waals surface area (Å²) in [4.78, 5) is 11.4. The van der Waals surface area contributed by atoms with Gasteiger partial charge < -0.3 is 5.11 Å². The molecule has 0 unspecified atom stereocenters. The zero-order valence-corrected chi connectivity index (χ0v) is 10.0. The summed E-state index contributed by atoms with van der Waals surface area (Å²) in [7, 11) is 0. The molecule has 1 atom stereocenters. The second kappa shape index (κ2) is 4.31. The quantitative estimate of drug-likeness (QED) is 0.757.